The van der Waals surface area contributed by atoms with E-state index in [9.17, 15) is 13.6 Å². The summed E-state index contributed by atoms with van der Waals surface area (Å²) in [7, 11) is 0. The molecule has 2 nitrogen and oxygen atoms in total. The van der Waals surface area contributed by atoms with E-state index in [0.29, 0.717) is 12.4 Å². The molecular formula is C15H11ClF2O2. The van der Waals surface area contributed by atoms with Crippen LogP contribution in [0.4, 0.5) is 8.78 Å². The minimum absolute atomic E-state index is 0.219. The second-order valence-corrected chi connectivity index (χ2v) is 4.44. The Kier molecular flexibility index (Phi) is 4.35. The zero-order valence-electron chi connectivity index (χ0n) is 10.6. The number of ether oxygens (including phenoxy) is 1. The Morgan fingerprint density at radius 1 is 1.20 bits per heavy atom. The molecule has 0 unspecified atom stereocenters. The number of hydrogen-bond donors (Lipinski definition) is 0. The summed E-state index contributed by atoms with van der Waals surface area (Å²) in [6.07, 6.45) is 0. The van der Waals surface area contributed by atoms with Gasteiger partial charge >= 0.3 is 0 Å². The lowest BCUT2D eigenvalue weighted by atomic mass is 10.0. The summed E-state index contributed by atoms with van der Waals surface area (Å²) >= 11 is 5.46. The number of carbonyl (C=O) groups is 1. The van der Waals surface area contributed by atoms with Crippen molar-refractivity contribution in [3.8, 4) is 5.75 Å². The van der Waals surface area contributed by atoms with E-state index in [1.807, 2.05) is 6.92 Å². The van der Waals surface area contributed by atoms with Crippen LogP contribution in [-0.4, -0.2) is 12.4 Å². The second-order valence-electron chi connectivity index (χ2n) is 4.04. The van der Waals surface area contributed by atoms with Gasteiger partial charge in [-0.25, -0.2) is 8.78 Å². The van der Waals surface area contributed by atoms with Crippen LogP contribution in [0.2, 0.25) is 5.02 Å². The van der Waals surface area contributed by atoms with Gasteiger partial charge in [-0.3, -0.25) is 4.79 Å². The zero-order valence-corrected chi connectivity index (χ0v) is 11.4. The van der Waals surface area contributed by atoms with E-state index >= 15 is 0 Å². The van der Waals surface area contributed by atoms with Gasteiger partial charge in [-0.15, -0.1) is 0 Å². The van der Waals surface area contributed by atoms with Crippen LogP contribution in [0.15, 0.2) is 36.4 Å². The van der Waals surface area contributed by atoms with Crippen LogP contribution in [0.25, 0.3) is 0 Å². The molecule has 0 amide bonds. The highest BCUT2D eigenvalue weighted by atomic mass is 35.5. The zero-order chi connectivity index (χ0) is 14.7. The lowest BCUT2D eigenvalue weighted by Gasteiger charge is -2.07. The van der Waals surface area contributed by atoms with E-state index in [1.54, 1.807) is 12.1 Å². The third kappa shape index (κ3) is 2.96. The van der Waals surface area contributed by atoms with Crippen LogP contribution < -0.4 is 4.74 Å². The fourth-order valence-electron chi connectivity index (χ4n) is 1.75. The Morgan fingerprint density at radius 3 is 2.65 bits per heavy atom. The molecule has 0 N–H and O–H groups in total. The summed E-state index contributed by atoms with van der Waals surface area (Å²) in [5.74, 6) is -1.83. The van der Waals surface area contributed by atoms with Gasteiger partial charge in [-0.2, -0.15) is 0 Å². The molecule has 0 saturated heterocycles. The van der Waals surface area contributed by atoms with Crippen molar-refractivity contribution in [2.75, 3.05) is 6.61 Å². The molecule has 0 fully saturated rings. The predicted octanol–water partition coefficient (Wildman–Crippen LogP) is 4.25. The van der Waals surface area contributed by atoms with Gasteiger partial charge < -0.3 is 4.74 Å². The van der Waals surface area contributed by atoms with Crippen molar-refractivity contribution in [1.29, 1.82) is 0 Å². The summed E-state index contributed by atoms with van der Waals surface area (Å²) in [5, 5.41) is -0.359. The second kappa shape index (κ2) is 6.01. The van der Waals surface area contributed by atoms with Gasteiger partial charge in [0.15, 0.2) is 5.78 Å². The first-order valence-corrected chi connectivity index (χ1v) is 6.33. The first kappa shape index (κ1) is 14.5. The topological polar surface area (TPSA) is 26.3 Å². The monoisotopic (exact) mass is 296 g/mol. The Balaban J connectivity index is 2.41. The Hall–Kier alpha value is -1.94. The van der Waals surface area contributed by atoms with Crippen LogP contribution in [0.1, 0.15) is 22.8 Å². The molecule has 0 aliphatic carbocycles. The molecule has 2 aromatic carbocycles. The molecule has 0 aliphatic heterocycles. The maximum Gasteiger partial charge on any atom is 0.196 e. The molecule has 104 valence electrons. The van der Waals surface area contributed by atoms with E-state index in [1.165, 1.54) is 12.1 Å². The predicted molar refractivity (Wildman–Crippen MR) is 72.4 cm³/mol. The van der Waals surface area contributed by atoms with Crippen LogP contribution >= 0.6 is 11.6 Å². The van der Waals surface area contributed by atoms with E-state index in [4.69, 9.17) is 16.3 Å². The first-order valence-electron chi connectivity index (χ1n) is 5.95. The van der Waals surface area contributed by atoms with Crippen molar-refractivity contribution >= 4 is 17.4 Å². The minimum atomic E-state index is -0.858. The molecule has 0 saturated carbocycles. The Labute approximate surface area is 119 Å². The van der Waals surface area contributed by atoms with Gasteiger partial charge in [0.2, 0.25) is 0 Å². The van der Waals surface area contributed by atoms with Crippen molar-refractivity contribution in [3.63, 3.8) is 0 Å². The summed E-state index contributed by atoms with van der Waals surface area (Å²) < 4.78 is 32.3. The highest BCUT2D eigenvalue weighted by molar-refractivity contribution is 6.30. The van der Waals surface area contributed by atoms with Crippen molar-refractivity contribution in [2.24, 2.45) is 0 Å². The molecule has 0 aliphatic rings. The number of hydrogen-bond acceptors (Lipinski definition) is 2. The summed E-state index contributed by atoms with van der Waals surface area (Å²) in [5.41, 5.74) is -0.142. The summed E-state index contributed by atoms with van der Waals surface area (Å²) in [6, 6.07) is 7.87. The van der Waals surface area contributed by atoms with Gasteiger partial charge in [0, 0.05) is 5.56 Å². The number of rotatable bonds is 4. The van der Waals surface area contributed by atoms with Gasteiger partial charge in [0.1, 0.15) is 17.4 Å². The standard InChI is InChI=1S/C15H11ClF2O2/c1-2-20-10-5-3-4-9(6-10)15(19)11-7-14(18)12(16)8-13(11)17/h3-8H,2H2,1H3. The lowest BCUT2D eigenvalue weighted by molar-refractivity contribution is 0.103. The molecule has 0 radical (unpaired) electrons. The van der Waals surface area contributed by atoms with E-state index in [0.717, 1.165) is 12.1 Å². The maximum atomic E-state index is 13.7. The molecule has 5 heteroatoms. The van der Waals surface area contributed by atoms with Gasteiger partial charge in [0.25, 0.3) is 0 Å². The van der Waals surface area contributed by atoms with Crippen LogP contribution in [0.3, 0.4) is 0 Å². The van der Waals surface area contributed by atoms with Gasteiger partial charge in [0.05, 0.1) is 17.2 Å². The molecule has 2 rings (SSSR count). The molecule has 0 atom stereocenters. The van der Waals surface area contributed by atoms with Crippen LogP contribution in [0.5, 0.6) is 5.75 Å². The number of ketones is 1. The molecule has 2 aromatic rings. The number of carbonyl (C=O) groups excluding carboxylic acids is 1. The highest BCUT2D eigenvalue weighted by Gasteiger charge is 2.17. The van der Waals surface area contributed by atoms with Crippen molar-refractivity contribution in [3.05, 3.63) is 64.2 Å². The number of benzene rings is 2. The minimum Gasteiger partial charge on any atom is -0.494 e. The van der Waals surface area contributed by atoms with Crippen molar-refractivity contribution in [2.45, 2.75) is 6.92 Å². The highest BCUT2D eigenvalue weighted by Crippen LogP contribution is 2.23. The third-order valence-electron chi connectivity index (χ3n) is 2.66. The molecule has 0 bridgehead atoms. The van der Waals surface area contributed by atoms with Crippen LogP contribution in [-0.2, 0) is 0 Å². The molecular weight excluding hydrogens is 286 g/mol. The van der Waals surface area contributed by atoms with Gasteiger partial charge in [-0.05, 0) is 31.2 Å². The first-order chi connectivity index (χ1) is 9.52. The lowest BCUT2D eigenvalue weighted by Crippen LogP contribution is -2.06. The fourth-order valence-corrected chi connectivity index (χ4v) is 1.90. The largest absolute Gasteiger partial charge is 0.494 e. The summed E-state index contributed by atoms with van der Waals surface area (Å²) in [4.78, 5) is 12.2. The summed E-state index contributed by atoms with van der Waals surface area (Å²) in [6.45, 7) is 2.25. The van der Waals surface area contributed by atoms with E-state index in [-0.39, 0.29) is 16.1 Å². The quantitative estimate of drug-likeness (QED) is 0.623. The number of halogens is 3. The maximum absolute atomic E-state index is 13.7. The average Bonchev–Trinajstić information content (AvgIpc) is 2.43. The third-order valence-corrected chi connectivity index (χ3v) is 2.95. The van der Waals surface area contributed by atoms with Crippen LogP contribution in [0, 0.1) is 11.6 Å². The van der Waals surface area contributed by atoms with E-state index in [2.05, 4.69) is 0 Å². The molecule has 0 aromatic heterocycles. The molecule has 20 heavy (non-hydrogen) atoms. The normalized spacial score (nSPS) is 10.4. The Morgan fingerprint density at radius 2 is 1.95 bits per heavy atom. The fraction of sp³-hybridized carbons (Fsp3) is 0.133. The average molecular weight is 297 g/mol. The van der Waals surface area contributed by atoms with E-state index < -0.39 is 17.4 Å². The smallest absolute Gasteiger partial charge is 0.196 e. The van der Waals surface area contributed by atoms with Gasteiger partial charge in [-0.1, -0.05) is 23.7 Å². The Bertz CT molecular complexity index is 656. The molecule has 0 heterocycles. The van der Waals surface area contributed by atoms with Crippen molar-refractivity contribution < 1.29 is 18.3 Å². The molecule has 0 spiro atoms. The SMILES string of the molecule is CCOc1cccc(C(=O)c2cc(F)c(Cl)cc2F)c1. The van der Waals surface area contributed by atoms with Crippen molar-refractivity contribution in [1.82, 2.24) is 0 Å².